The molecule has 0 aromatic carbocycles. The Hall–Kier alpha value is -1.39. The van der Waals surface area contributed by atoms with Gasteiger partial charge in [0, 0.05) is 11.3 Å². The predicted molar refractivity (Wildman–Crippen MR) is 93.1 cm³/mol. The van der Waals surface area contributed by atoms with Gasteiger partial charge in [-0.2, -0.15) is 5.26 Å². The molecule has 1 amide bonds. The van der Waals surface area contributed by atoms with Gasteiger partial charge < -0.3 is 11.1 Å². The van der Waals surface area contributed by atoms with Gasteiger partial charge in [-0.05, 0) is 19.1 Å². The van der Waals surface area contributed by atoms with Crippen LogP contribution < -0.4 is 11.1 Å². The highest BCUT2D eigenvalue weighted by Gasteiger charge is 2.16. The zero-order chi connectivity index (χ0) is 15.9. The van der Waals surface area contributed by atoms with Crippen molar-refractivity contribution >= 4 is 40.9 Å². The molecule has 7 heteroatoms. The largest absolute Gasteiger partial charge is 0.397 e. The van der Waals surface area contributed by atoms with Crippen LogP contribution in [0, 0.1) is 11.3 Å². The predicted octanol–water partition coefficient (Wildman–Crippen LogP) is 3.26. The average Bonchev–Trinajstić information content (AvgIpc) is 2.53. The van der Waals surface area contributed by atoms with Crippen LogP contribution in [0.3, 0.4) is 0 Å². The summed E-state index contributed by atoms with van der Waals surface area (Å²) in [6.07, 6.45) is 8.09. The Morgan fingerprint density at radius 2 is 2.23 bits per heavy atom. The number of anilines is 2. The average molecular weight is 336 g/mol. The van der Waals surface area contributed by atoms with Crippen molar-refractivity contribution in [2.75, 3.05) is 23.1 Å². The van der Waals surface area contributed by atoms with Crippen molar-refractivity contribution in [2.45, 2.75) is 42.4 Å². The highest BCUT2D eigenvalue weighted by atomic mass is 32.2. The first kappa shape index (κ1) is 17.0. The van der Waals surface area contributed by atoms with Crippen LogP contribution in [-0.4, -0.2) is 28.1 Å². The molecule has 0 saturated heterocycles. The number of rotatable bonds is 5. The Labute approximate surface area is 139 Å². The number of pyridine rings is 1. The van der Waals surface area contributed by atoms with Crippen molar-refractivity contribution in [3.8, 4) is 6.07 Å². The molecule has 1 aromatic rings. The summed E-state index contributed by atoms with van der Waals surface area (Å²) < 4.78 is 0. The summed E-state index contributed by atoms with van der Waals surface area (Å²) in [7, 11) is 0. The number of carbonyl (C=O) groups excluding carboxylic acids is 1. The minimum Gasteiger partial charge on any atom is -0.397 e. The molecule has 3 N–H and O–H groups in total. The van der Waals surface area contributed by atoms with E-state index in [1.54, 1.807) is 17.8 Å². The number of aromatic nitrogens is 1. The van der Waals surface area contributed by atoms with E-state index in [0.717, 1.165) is 0 Å². The first-order valence-corrected chi connectivity index (χ1v) is 9.57. The Morgan fingerprint density at radius 3 is 2.86 bits per heavy atom. The summed E-state index contributed by atoms with van der Waals surface area (Å²) in [6.45, 7) is 0. The van der Waals surface area contributed by atoms with Gasteiger partial charge in [-0.15, -0.1) is 23.5 Å². The minimum atomic E-state index is -0.0702. The number of thioether (sulfide) groups is 2. The lowest BCUT2D eigenvalue weighted by Crippen LogP contribution is -2.19. The maximum atomic E-state index is 12.0. The molecule has 1 aromatic heterocycles. The van der Waals surface area contributed by atoms with Crippen LogP contribution in [-0.2, 0) is 4.79 Å². The van der Waals surface area contributed by atoms with Gasteiger partial charge in [0.1, 0.15) is 22.5 Å². The monoisotopic (exact) mass is 336 g/mol. The Kier molecular flexibility index (Phi) is 6.40. The second-order valence-corrected chi connectivity index (χ2v) is 7.30. The van der Waals surface area contributed by atoms with E-state index >= 15 is 0 Å². The molecule has 2 rings (SSSR count). The molecule has 0 spiro atoms. The van der Waals surface area contributed by atoms with E-state index in [1.807, 2.05) is 12.3 Å². The number of nitrogens with two attached hydrogens (primary N) is 1. The zero-order valence-electron chi connectivity index (χ0n) is 12.6. The van der Waals surface area contributed by atoms with E-state index in [-0.39, 0.29) is 5.91 Å². The van der Waals surface area contributed by atoms with Gasteiger partial charge in [-0.1, -0.05) is 19.3 Å². The van der Waals surface area contributed by atoms with Crippen molar-refractivity contribution in [3.63, 3.8) is 0 Å². The molecular weight excluding hydrogens is 316 g/mol. The Bertz CT molecular complexity index is 580. The lowest BCUT2D eigenvalue weighted by molar-refractivity contribution is -0.113. The zero-order valence-corrected chi connectivity index (χ0v) is 14.2. The first-order valence-electron chi connectivity index (χ1n) is 7.30. The molecule has 5 nitrogen and oxygen atoms in total. The van der Waals surface area contributed by atoms with Gasteiger partial charge in [-0.25, -0.2) is 4.98 Å². The highest BCUT2D eigenvalue weighted by Crippen LogP contribution is 2.29. The molecule has 118 valence electrons. The molecule has 0 atom stereocenters. The molecule has 1 heterocycles. The van der Waals surface area contributed by atoms with Gasteiger partial charge >= 0.3 is 0 Å². The van der Waals surface area contributed by atoms with Crippen LogP contribution in [0.25, 0.3) is 0 Å². The number of nitrogens with zero attached hydrogens (tertiary/aromatic N) is 2. The van der Waals surface area contributed by atoms with Crippen molar-refractivity contribution in [1.82, 2.24) is 4.98 Å². The van der Waals surface area contributed by atoms with Crippen LogP contribution in [0.15, 0.2) is 11.1 Å². The Balaban J connectivity index is 1.93. The molecule has 1 aliphatic rings. The first-order chi connectivity index (χ1) is 10.6. The summed E-state index contributed by atoms with van der Waals surface area (Å²) >= 11 is 3.06. The van der Waals surface area contributed by atoms with E-state index in [4.69, 9.17) is 11.0 Å². The van der Waals surface area contributed by atoms with Crippen LogP contribution in [0.5, 0.6) is 0 Å². The molecule has 1 saturated carbocycles. The summed E-state index contributed by atoms with van der Waals surface area (Å²) in [4.78, 5) is 16.3. The second-order valence-electron chi connectivity index (χ2n) is 5.21. The van der Waals surface area contributed by atoms with Gasteiger partial charge in [0.2, 0.25) is 5.91 Å². The van der Waals surface area contributed by atoms with E-state index < -0.39 is 0 Å². The fraction of sp³-hybridized carbons (Fsp3) is 0.533. The number of amides is 1. The molecule has 0 radical (unpaired) electrons. The third-order valence-electron chi connectivity index (χ3n) is 3.59. The van der Waals surface area contributed by atoms with Crippen molar-refractivity contribution in [1.29, 1.82) is 5.26 Å². The lowest BCUT2D eigenvalue weighted by atomic mass is 10.0. The Morgan fingerprint density at radius 1 is 1.50 bits per heavy atom. The third-order valence-corrected chi connectivity index (χ3v) is 5.65. The molecule has 1 aliphatic carbocycles. The van der Waals surface area contributed by atoms with E-state index in [2.05, 4.69) is 10.3 Å². The van der Waals surface area contributed by atoms with Gasteiger partial charge in [0.15, 0.2) is 0 Å². The number of nitrogen functional groups attached to an aromatic ring is 1. The van der Waals surface area contributed by atoms with Gasteiger partial charge in [0.05, 0.1) is 11.4 Å². The molecule has 0 bridgehead atoms. The molecule has 1 fully saturated rings. The van der Waals surface area contributed by atoms with E-state index in [9.17, 15) is 4.79 Å². The summed E-state index contributed by atoms with van der Waals surface area (Å²) in [6, 6.07) is 3.58. The summed E-state index contributed by atoms with van der Waals surface area (Å²) in [5, 5.41) is 13.0. The van der Waals surface area contributed by atoms with Crippen molar-refractivity contribution in [2.24, 2.45) is 0 Å². The number of hydrogen-bond acceptors (Lipinski definition) is 6. The molecular formula is C15H20N4OS2. The topological polar surface area (TPSA) is 91.8 Å². The van der Waals surface area contributed by atoms with Crippen LogP contribution >= 0.6 is 23.5 Å². The van der Waals surface area contributed by atoms with Crippen LogP contribution in [0.2, 0.25) is 0 Å². The second kappa shape index (κ2) is 8.30. The number of carbonyl (C=O) groups is 1. The normalized spacial score (nSPS) is 15.3. The number of nitrogens with one attached hydrogen (secondary N) is 1. The third kappa shape index (κ3) is 4.55. The van der Waals surface area contributed by atoms with E-state index in [1.165, 1.54) is 43.9 Å². The maximum absolute atomic E-state index is 12.0. The molecule has 0 aliphatic heterocycles. The maximum Gasteiger partial charge on any atom is 0.235 e. The smallest absolute Gasteiger partial charge is 0.235 e. The SMILES string of the molecule is CSc1nc(NC(=O)CSC2CCCCC2)cc(N)c1C#N. The molecule has 22 heavy (non-hydrogen) atoms. The van der Waals surface area contributed by atoms with E-state index in [0.29, 0.717) is 33.1 Å². The fourth-order valence-corrected chi connectivity index (χ4v) is 4.15. The van der Waals surface area contributed by atoms with Crippen LogP contribution in [0.1, 0.15) is 37.7 Å². The van der Waals surface area contributed by atoms with Crippen molar-refractivity contribution in [3.05, 3.63) is 11.6 Å². The number of hydrogen-bond donors (Lipinski definition) is 2. The minimum absolute atomic E-state index is 0.0702. The van der Waals surface area contributed by atoms with Gasteiger partial charge in [-0.3, -0.25) is 4.79 Å². The summed E-state index contributed by atoms with van der Waals surface area (Å²) in [5.41, 5.74) is 6.55. The highest BCUT2D eigenvalue weighted by molar-refractivity contribution is 8.00. The standard InChI is InChI=1S/C15H20N4OS2/c1-21-15-11(8-16)12(17)7-13(19-15)18-14(20)9-22-10-5-3-2-4-6-10/h7,10H,2-6,9H2,1H3,(H3,17,18,19,20). The molecule has 0 unspecified atom stereocenters. The van der Waals surface area contributed by atoms with Crippen LogP contribution in [0.4, 0.5) is 11.5 Å². The lowest BCUT2D eigenvalue weighted by Gasteiger charge is -2.20. The quantitative estimate of drug-likeness (QED) is 0.802. The van der Waals surface area contributed by atoms with Gasteiger partial charge in [0.25, 0.3) is 0 Å². The number of nitriles is 1. The fourth-order valence-electron chi connectivity index (χ4n) is 2.47. The summed E-state index contributed by atoms with van der Waals surface area (Å²) in [5.74, 6) is 0.773. The van der Waals surface area contributed by atoms with Crippen molar-refractivity contribution < 1.29 is 4.79 Å².